The lowest BCUT2D eigenvalue weighted by molar-refractivity contribution is -0.134. The molecule has 3 aliphatic heterocycles. The van der Waals surface area contributed by atoms with Crippen LogP contribution in [0, 0.1) is 17.5 Å². The molecule has 5 heterocycles. The van der Waals surface area contributed by atoms with E-state index in [2.05, 4.69) is 25.9 Å². The second-order valence-electron chi connectivity index (χ2n) is 16.3. The molecule has 3 N–H and O–H groups in total. The van der Waals surface area contributed by atoms with Crippen LogP contribution in [0.1, 0.15) is 66.1 Å². The predicted octanol–water partition coefficient (Wildman–Crippen LogP) is 6.80. The number of fused-ring (bicyclic) bond motifs is 1. The van der Waals surface area contributed by atoms with E-state index < -0.39 is 29.4 Å². The van der Waals surface area contributed by atoms with E-state index in [1.165, 1.54) is 37.6 Å². The van der Waals surface area contributed by atoms with Crippen LogP contribution in [0.5, 0.6) is 5.75 Å². The van der Waals surface area contributed by atoms with Crippen molar-refractivity contribution in [3.63, 3.8) is 0 Å². The third kappa shape index (κ3) is 10.0. The Morgan fingerprint density at radius 3 is 2.44 bits per heavy atom. The third-order valence-electron chi connectivity index (χ3n) is 11.4. The molecule has 1 atom stereocenters. The fourth-order valence-corrected chi connectivity index (χ4v) is 8.53. The quantitative estimate of drug-likeness (QED) is 0.0952. The minimum Gasteiger partial charge on any atom is -0.495 e. The van der Waals surface area contributed by atoms with Crippen molar-refractivity contribution in [2.24, 2.45) is 0 Å². The number of benzene rings is 3. The summed E-state index contributed by atoms with van der Waals surface area (Å²) in [5.74, 6) is -2.46. The number of amides is 3. The Balaban J connectivity index is 0.00000143. The standard InChI is InChI=1S/C42H40ClF3N8O5.C3H9N/c1-59-37-18-26(32(44)20-35(37)49-34-4-5-38(56)50-42(34)58)23-6-11-52(12-7-23)36-19-31(43)29(17-33(36)45)28-16-27(40(46)41-30(28)15-25(22-55)48-41)24-3-2-10-53(21-24)39(57)8-13-54-14-9-47-51-54;1-4(2)3/h3,9,14-20,22-23,34,48-49H,2,4-8,10-13,21H2,1H3,(H,50,56,58);1-3H3. The number of imide groups is 1. The van der Waals surface area contributed by atoms with Crippen LogP contribution in [-0.2, 0) is 20.9 Å². The van der Waals surface area contributed by atoms with E-state index >= 15 is 13.2 Å². The lowest BCUT2D eigenvalue weighted by atomic mass is 9.88. The van der Waals surface area contributed by atoms with Crippen molar-refractivity contribution in [2.45, 2.75) is 57.0 Å². The van der Waals surface area contributed by atoms with Crippen LogP contribution in [0.25, 0.3) is 27.6 Å². The number of carbonyl (C=O) groups excluding carboxylic acids is 4. The van der Waals surface area contributed by atoms with Gasteiger partial charge in [-0.1, -0.05) is 22.9 Å². The molecular weight excluding hydrogens is 839 g/mol. The first-order valence-corrected chi connectivity index (χ1v) is 21.1. The number of ether oxygens (including phenoxy) is 1. The maximum atomic E-state index is 16.3. The van der Waals surface area contributed by atoms with Gasteiger partial charge >= 0.3 is 0 Å². The minimum atomic E-state index is -0.712. The van der Waals surface area contributed by atoms with Crippen LogP contribution < -0.4 is 20.3 Å². The van der Waals surface area contributed by atoms with Gasteiger partial charge in [-0.25, -0.2) is 13.2 Å². The summed E-state index contributed by atoms with van der Waals surface area (Å²) in [6, 6.07) is 8.13. The van der Waals surface area contributed by atoms with E-state index in [4.69, 9.17) is 16.3 Å². The molecular formula is C45H49ClF3N9O5. The largest absolute Gasteiger partial charge is 0.495 e. The van der Waals surface area contributed by atoms with E-state index in [1.54, 1.807) is 27.9 Å². The average molecular weight is 888 g/mol. The molecule has 63 heavy (non-hydrogen) atoms. The highest BCUT2D eigenvalue weighted by Crippen LogP contribution is 2.43. The van der Waals surface area contributed by atoms with Gasteiger partial charge in [0, 0.05) is 67.8 Å². The summed E-state index contributed by atoms with van der Waals surface area (Å²) in [6.45, 7) is 1.74. The number of aromatic amines is 1. The van der Waals surface area contributed by atoms with Crippen LogP contribution in [-0.4, -0.2) is 114 Å². The molecule has 8 rings (SSSR count). The first kappa shape index (κ1) is 44.8. The molecule has 0 radical (unpaired) electrons. The zero-order valence-electron chi connectivity index (χ0n) is 35.4. The van der Waals surface area contributed by atoms with Gasteiger partial charge in [-0.3, -0.25) is 29.2 Å². The second kappa shape index (κ2) is 19.5. The molecule has 2 aromatic heterocycles. The minimum absolute atomic E-state index is 0.0569. The summed E-state index contributed by atoms with van der Waals surface area (Å²) in [5.41, 5.74) is 2.66. The van der Waals surface area contributed by atoms with Crippen LogP contribution in [0.2, 0.25) is 5.02 Å². The Hall–Kier alpha value is -6.20. The van der Waals surface area contributed by atoms with Gasteiger partial charge in [0.25, 0.3) is 0 Å². The molecule has 1 unspecified atom stereocenters. The highest BCUT2D eigenvalue weighted by atomic mass is 35.5. The first-order valence-electron chi connectivity index (χ1n) is 20.7. The number of H-pyrrole nitrogens is 1. The van der Waals surface area contributed by atoms with Crippen molar-refractivity contribution >= 4 is 63.5 Å². The van der Waals surface area contributed by atoms with E-state index in [-0.39, 0.29) is 71.0 Å². The van der Waals surface area contributed by atoms with Gasteiger partial charge in [0.1, 0.15) is 23.4 Å². The number of carbonyl (C=O) groups is 4. The molecule has 332 valence electrons. The van der Waals surface area contributed by atoms with Crippen LogP contribution >= 0.6 is 11.6 Å². The fourth-order valence-electron chi connectivity index (χ4n) is 8.27. The lowest BCUT2D eigenvalue weighted by Gasteiger charge is -2.34. The molecule has 0 aliphatic carbocycles. The van der Waals surface area contributed by atoms with Gasteiger partial charge in [0.2, 0.25) is 17.7 Å². The molecule has 2 saturated heterocycles. The van der Waals surface area contributed by atoms with Crippen molar-refractivity contribution < 1.29 is 37.1 Å². The second-order valence-corrected chi connectivity index (χ2v) is 16.7. The SMILES string of the molecule is CN(C)C.COc1cc(C2CCN(c3cc(Cl)c(-c4cc(C5=CCCN(C(=O)CCn6ccnn6)C5)c(F)c5[nH]c(C=O)cc45)cc3F)CC2)c(F)cc1NC1CCC(=O)NC1=O. The van der Waals surface area contributed by atoms with Crippen LogP contribution in [0.3, 0.4) is 0 Å². The van der Waals surface area contributed by atoms with Gasteiger partial charge in [-0.05, 0) is 99.8 Å². The molecule has 0 spiro atoms. The number of hydrogen-bond acceptors (Lipinski definition) is 10. The molecule has 0 saturated carbocycles. The molecule has 3 amide bonds. The number of methoxy groups -OCH3 is 1. The van der Waals surface area contributed by atoms with Crippen molar-refractivity contribution in [3.05, 3.63) is 94.2 Å². The van der Waals surface area contributed by atoms with Gasteiger partial charge in [0.05, 0.1) is 47.5 Å². The number of nitrogens with zero attached hydrogens (tertiary/aromatic N) is 6. The number of nitrogens with one attached hydrogen (secondary N) is 3. The first-order chi connectivity index (χ1) is 30.2. The Bertz CT molecular complexity index is 2550. The number of aromatic nitrogens is 4. The van der Waals surface area contributed by atoms with Crippen LogP contribution in [0.15, 0.2) is 54.9 Å². The van der Waals surface area contributed by atoms with Gasteiger partial charge < -0.3 is 29.7 Å². The summed E-state index contributed by atoms with van der Waals surface area (Å²) < 4.78 is 55.3. The monoisotopic (exact) mass is 887 g/mol. The zero-order chi connectivity index (χ0) is 44.9. The summed E-state index contributed by atoms with van der Waals surface area (Å²) in [5, 5.41) is 13.5. The van der Waals surface area contributed by atoms with E-state index in [1.807, 2.05) is 37.0 Å². The number of piperidine rings is 2. The molecule has 0 bridgehead atoms. The molecule has 3 aliphatic rings. The van der Waals surface area contributed by atoms with E-state index in [0.717, 1.165) is 0 Å². The maximum absolute atomic E-state index is 16.3. The number of rotatable bonds is 11. The Morgan fingerprint density at radius 1 is 1.00 bits per heavy atom. The van der Waals surface area contributed by atoms with E-state index in [0.29, 0.717) is 90.8 Å². The smallest absolute Gasteiger partial charge is 0.249 e. The molecule has 3 aromatic carbocycles. The molecule has 14 nitrogen and oxygen atoms in total. The highest BCUT2D eigenvalue weighted by molar-refractivity contribution is 6.34. The number of aldehydes is 1. The zero-order valence-corrected chi connectivity index (χ0v) is 36.2. The number of hydrogen-bond donors (Lipinski definition) is 3. The summed E-state index contributed by atoms with van der Waals surface area (Å²) in [6.07, 6.45) is 7.76. The molecule has 2 fully saturated rings. The van der Waals surface area contributed by atoms with Crippen LogP contribution in [0.4, 0.5) is 24.5 Å². The van der Waals surface area contributed by atoms with Crippen molar-refractivity contribution in [1.82, 2.24) is 35.1 Å². The molecule has 18 heteroatoms. The average Bonchev–Trinajstić information content (AvgIpc) is 3.96. The third-order valence-corrected chi connectivity index (χ3v) is 11.7. The van der Waals surface area contributed by atoms with Gasteiger partial charge in [-0.2, -0.15) is 0 Å². The summed E-state index contributed by atoms with van der Waals surface area (Å²) >= 11 is 6.94. The Labute approximate surface area is 367 Å². The predicted molar refractivity (Wildman–Crippen MR) is 234 cm³/mol. The normalized spacial score (nSPS) is 17.0. The van der Waals surface area contributed by atoms with Crippen molar-refractivity contribution in [2.75, 3.05) is 64.6 Å². The summed E-state index contributed by atoms with van der Waals surface area (Å²) in [4.78, 5) is 57.2. The Kier molecular flexibility index (Phi) is 13.9. The summed E-state index contributed by atoms with van der Waals surface area (Å²) in [7, 11) is 7.45. The molecule has 5 aromatic rings. The van der Waals surface area contributed by atoms with Gasteiger partial charge in [-0.15, -0.1) is 5.10 Å². The van der Waals surface area contributed by atoms with Crippen molar-refractivity contribution in [3.8, 4) is 16.9 Å². The fraction of sp³-hybridized carbons (Fsp3) is 0.378. The number of aryl methyl sites for hydroxylation is 1. The van der Waals surface area contributed by atoms with Crippen molar-refractivity contribution in [1.29, 1.82) is 0 Å². The topological polar surface area (TPSA) is 158 Å². The van der Waals surface area contributed by atoms with Gasteiger partial charge in [0.15, 0.2) is 12.1 Å². The number of halogens is 4. The lowest BCUT2D eigenvalue weighted by Crippen LogP contribution is -2.47. The number of anilines is 2. The maximum Gasteiger partial charge on any atom is 0.249 e. The highest BCUT2D eigenvalue weighted by Gasteiger charge is 2.31. The Morgan fingerprint density at radius 2 is 1.76 bits per heavy atom. The van der Waals surface area contributed by atoms with E-state index in [9.17, 15) is 19.2 Å².